The lowest BCUT2D eigenvalue weighted by Gasteiger charge is -2.06. The number of hydrogen-bond donors (Lipinski definition) is 0. The highest BCUT2D eigenvalue weighted by Crippen LogP contribution is 2.26. The summed E-state index contributed by atoms with van der Waals surface area (Å²) in [5.74, 6) is -0.534. The molecule has 0 atom stereocenters. The largest absolute Gasteiger partial charge is 0.289 e. The van der Waals surface area contributed by atoms with Gasteiger partial charge in [0.15, 0.2) is 5.78 Å². The van der Waals surface area contributed by atoms with Crippen LogP contribution in [0.15, 0.2) is 40.9 Å². The van der Waals surface area contributed by atoms with Gasteiger partial charge in [0.2, 0.25) is 0 Å². The van der Waals surface area contributed by atoms with Crippen LogP contribution < -0.4 is 0 Å². The Balaban J connectivity index is 2.02. The second-order valence-corrected chi connectivity index (χ2v) is 5.64. The van der Waals surface area contributed by atoms with Crippen LogP contribution in [0.5, 0.6) is 0 Å². The standard InChI is InChI=1S/C16H12BrFO/c17-15-7-6-13(18)9-14(15)16(19)12-5-4-10-2-1-3-11(10)8-12/h4-9H,1-3H2. The van der Waals surface area contributed by atoms with E-state index in [4.69, 9.17) is 0 Å². The summed E-state index contributed by atoms with van der Waals surface area (Å²) in [4.78, 5) is 12.4. The van der Waals surface area contributed by atoms with Crippen LogP contribution in [-0.4, -0.2) is 5.78 Å². The van der Waals surface area contributed by atoms with E-state index in [1.807, 2.05) is 18.2 Å². The number of benzene rings is 2. The molecule has 0 bridgehead atoms. The molecule has 0 saturated heterocycles. The lowest BCUT2D eigenvalue weighted by Crippen LogP contribution is -2.04. The van der Waals surface area contributed by atoms with Gasteiger partial charge in [-0.1, -0.05) is 28.1 Å². The van der Waals surface area contributed by atoms with Crippen molar-refractivity contribution in [2.45, 2.75) is 19.3 Å². The zero-order valence-corrected chi connectivity index (χ0v) is 11.8. The Morgan fingerprint density at radius 1 is 1.05 bits per heavy atom. The predicted molar refractivity (Wildman–Crippen MR) is 76.0 cm³/mol. The molecule has 0 heterocycles. The number of halogens is 2. The molecule has 0 spiro atoms. The van der Waals surface area contributed by atoms with Crippen LogP contribution in [0.1, 0.15) is 33.5 Å². The number of carbonyl (C=O) groups is 1. The Labute approximate surface area is 119 Å². The van der Waals surface area contributed by atoms with Crippen molar-refractivity contribution in [1.82, 2.24) is 0 Å². The van der Waals surface area contributed by atoms with E-state index < -0.39 is 5.82 Å². The van der Waals surface area contributed by atoms with E-state index >= 15 is 0 Å². The van der Waals surface area contributed by atoms with Crippen LogP contribution in [0.2, 0.25) is 0 Å². The first-order valence-electron chi connectivity index (χ1n) is 6.27. The minimum absolute atomic E-state index is 0.138. The number of hydrogen-bond acceptors (Lipinski definition) is 1. The highest BCUT2D eigenvalue weighted by Gasteiger charge is 2.17. The molecule has 0 fully saturated rings. The molecular weight excluding hydrogens is 307 g/mol. The summed E-state index contributed by atoms with van der Waals surface area (Å²) in [5.41, 5.74) is 3.58. The van der Waals surface area contributed by atoms with Gasteiger partial charge in [-0.2, -0.15) is 0 Å². The normalized spacial score (nSPS) is 13.4. The monoisotopic (exact) mass is 318 g/mol. The van der Waals surface area contributed by atoms with Crippen LogP contribution in [0.4, 0.5) is 4.39 Å². The fourth-order valence-electron chi connectivity index (χ4n) is 2.54. The van der Waals surface area contributed by atoms with Gasteiger partial charge in [0.05, 0.1) is 0 Å². The number of aryl methyl sites for hydroxylation is 2. The van der Waals surface area contributed by atoms with Crippen molar-refractivity contribution in [1.29, 1.82) is 0 Å². The third-order valence-electron chi connectivity index (χ3n) is 3.53. The molecule has 19 heavy (non-hydrogen) atoms. The van der Waals surface area contributed by atoms with E-state index in [9.17, 15) is 9.18 Å². The van der Waals surface area contributed by atoms with Gasteiger partial charge < -0.3 is 0 Å². The topological polar surface area (TPSA) is 17.1 Å². The summed E-state index contributed by atoms with van der Waals surface area (Å²) in [5, 5.41) is 0. The highest BCUT2D eigenvalue weighted by molar-refractivity contribution is 9.10. The summed E-state index contributed by atoms with van der Waals surface area (Å²) in [6, 6.07) is 9.98. The fraction of sp³-hybridized carbons (Fsp3) is 0.188. The SMILES string of the molecule is O=C(c1ccc2c(c1)CCC2)c1cc(F)ccc1Br. The average molecular weight is 319 g/mol. The smallest absolute Gasteiger partial charge is 0.194 e. The van der Waals surface area contributed by atoms with Crippen molar-refractivity contribution in [2.75, 3.05) is 0 Å². The van der Waals surface area contributed by atoms with Crippen LogP contribution in [-0.2, 0) is 12.8 Å². The Kier molecular flexibility index (Phi) is 3.23. The molecule has 1 nitrogen and oxygen atoms in total. The molecular formula is C16H12BrFO. The highest BCUT2D eigenvalue weighted by atomic mass is 79.9. The van der Waals surface area contributed by atoms with Gasteiger partial charge in [0, 0.05) is 15.6 Å². The number of fused-ring (bicyclic) bond motifs is 1. The lowest BCUT2D eigenvalue weighted by molar-refractivity contribution is 0.103. The summed E-state index contributed by atoms with van der Waals surface area (Å²) in [7, 11) is 0. The molecule has 0 saturated carbocycles. The summed E-state index contributed by atoms with van der Waals surface area (Å²) in [6.07, 6.45) is 3.27. The zero-order valence-electron chi connectivity index (χ0n) is 10.2. The Bertz CT molecular complexity index is 664. The van der Waals surface area contributed by atoms with Gasteiger partial charge in [-0.3, -0.25) is 4.79 Å². The number of ketones is 1. The van der Waals surface area contributed by atoms with Crippen LogP contribution in [0.3, 0.4) is 0 Å². The Morgan fingerprint density at radius 3 is 2.68 bits per heavy atom. The predicted octanol–water partition coefficient (Wildman–Crippen LogP) is 4.31. The van der Waals surface area contributed by atoms with Crippen molar-refractivity contribution in [2.24, 2.45) is 0 Å². The quantitative estimate of drug-likeness (QED) is 0.754. The maximum Gasteiger partial charge on any atom is 0.194 e. The summed E-state index contributed by atoms with van der Waals surface area (Å²) >= 11 is 3.30. The maximum absolute atomic E-state index is 13.3. The van der Waals surface area contributed by atoms with E-state index in [1.54, 1.807) is 6.07 Å². The summed E-state index contributed by atoms with van der Waals surface area (Å²) < 4.78 is 13.9. The first-order valence-corrected chi connectivity index (χ1v) is 7.06. The molecule has 1 aliphatic rings. The lowest BCUT2D eigenvalue weighted by atomic mass is 9.99. The Morgan fingerprint density at radius 2 is 1.84 bits per heavy atom. The molecule has 3 rings (SSSR count). The molecule has 0 aliphatic heterocycles. The summed E-state index contributed by atoms with van der Waals surface area (Å²) in [6.45, 7) is 0. The van der Waals surface area contributed by atoms with E-state index in [0.717, 1.165) is 19.3 Å². The van der Waals surface area contributed by atoms with Gasteiger partial charge in [-0.05, 0) is 54.7 Å². The first kappa shape index (κ1) is 12.5. The van der Waals surface area contributed by atoms with Crippen molar-refractivity contribution in [3.63, 3.8) is 0 Å². The molecule has 0 amide bonds. The number of carbonyl (C=O) groups excluding carboxylic acids is 1. The molecule has 1 aliphatic carbocycles. The Hall–Kier alpha value is -1.48. The third kappa shape index (κ3) is 2.35. The third-order valence-corrected chi connectivity index (χ3v) is 4.23. The average Bonchev–Trinajstić information content (AvgIpc) is 2.88. The molecule has 0 aromatic heterocycles. The second kappa shape index (κ2) is 4.89. The van der Waals surface area contributed by atoms with Gasteiger partial charge in [0.25, 0.3) is 0 Å². The van der Waals surface area contributed by atoms with Gasteiger partial charge in [-0.25, -0.2) is 4.39 Å². The van der Waals surface area contributed by atoms with Crippen LogP contribution in [0, 0.1) is 5.82 Å². The van der Waals surface area contributed by atoms with Crippen molar-refractivity contribution in [3.8, 4) is 0 Å². The van der Waals surface area contributed by atoms with Gasteiger partial charge in [-0.15, -0.1) is 0 Å². The molecule has 0 N–H and O–H groups in total. The fourth-order valence-corrected chi connectivity index (χ4v) is 2.97. The molecule has 2 aromatic rings. The second-order valence-electron chi connectivity index (χ2n) is 4.79. The van der Waals surface area contributed by atoms with E-state index in [-0.39, 0.29) is 5.78 Å². The molecule has 0 unspecified atom stereocenters. The van der Waals surface area contributed by atoms with E-state index in [2.05, 4.69) is 15.9 Å². The van der Waals surface area contributed by atoms with Gasteiger partial charge in [0.1, 0.15) is 5.82 Å². The van der Waals surface area contributed by atoms with Crippen LogP contribution in [0.25, 0.3) is 0 Å². The molecule has 2 aromatic carbocycles. The molecule has 0 radical (unpaired) electrons. The van der Waals surface area contributed by atoms with Crippen molar-refractivity contribution in [3.05, 3.63) is 68.9 Å². The van der Waals surface area contributed by atoms with Gasteiger partial charge >= 0.3 is 0 Å². The zero-order chi connectivity index (χ0) is 13.4. The van der Waals surface area contributed by atoms with E-state index in [0.29, 0.717) is 15.6 Å². The van der Waals surface area contributed by atoms with Crippen LogP contribution >= 0.6 is 15.9 Å². The minimum Gasteiger partial charge on any atom is -0.289 e. The van der Waals surface area contributed by atoms with Crippen molar-refractivity contribution < 1.29 is 9.18 Å². The maximum atomic E-state index is 13.3. The molecule has 3 heteroatoms. The molecule has 96 valence electrons. The van der Waals surface area contributed by atoms with E-state index in [1.165, 1.54) is 23.3 Å². The first-order chi connectivity index (χ1) is 9.15. The minimum atomic E-state index is -0.396. The van der Waals surface area contributed by atoms with Crippen molar-refractivity contribution >= 4 is 21.7 Å². The number of rotatable bonds is 2.